The zero-order valence-corrected chi connectivity index (χ0v) is 15.9. The van der Waals surface area contributed by atoms with Crippen LogP contribution in [0.5, 0.6) is 0 Å². The quantitative estimate of drug-likeness (QED) is 0.229. The molecule has 0 spiro atoms. The molecule has 0 saturated carbocycles. The number of nitrogens with zero attached hydrogens (tertiary/aromatic N) is 4. The minimum absolute atomic E-state index is 0.0173. The molecule has 1 saturated heterocycles. The van der Waals surface area contributed by atoms with Crippen LogP contribution in [-0.4, -0.2) is 44.8 Å². The van der Waals surface area contributed by atoms with Gasteiger partial charge in [-0.15, -0.1) is 0 Å². The second kappa shape index (κ2) is 8.77. The highest BCUT2D eigenvalue weighted by Gasteiger charge is 2.25. The highest BCUT2D eigenvalue weighted by Crippen LogP contribution is 2.24. The number of nitrogens with one attached hydrogen (secondary N) is 2. The zero-order chi connectivity index (χ0) is 18.5. The van der Waals surface area contributed by atoms with Crippen molar-refractivity contribution in [3.05, 3.63) is 34.2 Å². The van der Waals surface area contributed by atoms with Crippen molar-refractivity contribution in [2.75, 3.05) is 18.4 Å². The Labute approximate surface area is 161 Å². The molecule has 2 aromatic rings. The van der Waals surface area contributed by atoms with E-state index in [1.807, 2.05) is 5.48 Å². The fourth-order valence-corrected chi connectivity index (χ4v) is 3.59. The van der Waals surface area contributed by atoms with E-state index in [-0.39, 0.29) is 22.0 Å². The van der Waals surface area contributed by atoms with E-state index in [2.05, 4.69) is 40.9 Å². The number of aromatic nitrogens is 2. The van der Waals surface area contributed by atoms with E-state index in [0.717, 1.165) is 19.4 Å². The number of halogens is 2. The molecule has 1 aliphatic rings. The van der Waals surface area contributed by atoms with Crippen LogP contribution in [0.1, 0.15) is 18.5 Å². The maximum atomic E-state index is 13.3. The molecule has 26 heavy (non-hydrogen) atoms. The number of hydrogen-bond donors (Lipinski definition) is 4. The SMILES string of the molecule is NSN1CCCC1CNc1nonc1C(=Nc1ccc(F)c(Br)c1)NO. The molecule has 0 aliphatic carbocycles. The molecule has 1 aromatic carbocycles. The molecule has 1 aromatic heterocycles. The molecule has 0 bridgehead atoms. The maximum absolute atomic E-state index is 13.3. The molecule has 1 atom stereocenters. The van der Waals surface area contributed by atoms with Crippen molar-refractivity contribution in [1.29, 1.82) is 0 Å². The Morgan fingerprint density at radius 1 is 1.54 bits per heavy atom. The number of hydroxylamine groups is 1. The minimum atomic E-state index is -0.410. The number of amidine groups is 1. The number of nitrogens with two attached hydrogens (primary N) is 1. The second-order valence-corrected chi connectivity index (χ2v) is 7.09. The summed E-state index contributed by atoms with van der Waals surface area (Å²) < 4.78 is 20.5. The van der Waals surface area contributed by atoms with E-state index < -0.39 is 5.82 Å². The molecule has 0 radical (unpaired) electrons. The first-order chi connectivity index (χ1) is 12.6. The Morgan fingerprint density at radius 2 is 2.38 bits per heavy atom. The lowest BCUT2D eigenvalue weighted by molar-refractivity contribution is 0.234. The summed E-state index contributed by atoms with van der Waals surface area (Å²) in [4.78, 5) is 4.21. The summed E-state index contributed by atoms with van der Waals surface area (Å²) in [6, 6.07) is 4.46. The summed E-state index contributed by atoms with van der Waals surface area (Å²) in [5, 5.41) is 25.8. The normalized spacial score (nSPS) is 18.3. The third-order valence-electron chi connectivity index (χ3n) is 3.93. The molecule has 12 heteroatoms. The lowest BCUT2D eigenvalue weighted by Crippen LogP contribution is -2.32. The second-order valence-electron chi connectivity index (χ2n) is 5.56. The van der Waals surface area contributed by atoms with Crippen LogP contribution in [0.2, 0.25) is 0 Å². The van der Waals surface area contributed by atoms with Gasteiger partial charge in [-0.05, 0) is 57.3 Å². The van der Waals surface area contributed by atoms with Crippen LogP contribution in [0.3, 0.4) is 0 Å². The Bertz CT molecular complexity index is 790. The number of rotatable bonds is 6. The summed E-state index contributed by atoms with van der Waals surface area (Å²) in [6.07, 6.45) is 2.09. The van der Waals surface area contributed by atoms with Gasteiger partial charge in [0.2, 0.25) is 5.82 Å². The monoisotopic (exact) mass is 445 g/mol. The first kappa shape index (κ1) is 19.0. The van der Waals surface area contributed by atoms with Crippen molar-refractivity contribution in [2.24, 2.45) is 10.1 Å². The number of hydrogen-bond acceptors (Lipinski definition) is 9. The van der Waals surface area contributed by atoms with Gasteiger partial charge in [0.1, 0.15) is 5.82 Å². The van der Waals surface area contributed by atoms with Gasteiger partial charge in [0.15, 0.2) is 11.5 Å². The van der Waals surface area contributed by atoms with E-state index in [1.54, 1.807) is 0 Å². The Kier molecular flexibility index (Phi) is 6.43. The molecule has 1 aliphatic heterocycles. The molecule has 5 N–H and O–H groups in total. The van der Waals surface area contributed by atoms with Gasteiger partial charge in [-0.25, -0.2) is 18.3 Å². The molecule has 1 unspecified atom stereocenters. The Hall–Kier alpha value is -1.73. The van der Waals surface area contributed by atoms with Crippen molar-refractivity contribution < 1.29 is 14.2 Å². The van der Waals surface area contributed by atoms with Crippen LogP contribution < -0.4 is 15.9 Å². The van der Waals surface area contributed by atoms with Crippen LogP contribution in [0.4, 0.5) is 15.9 Å². The Balaban J connectivity index is 1.76. The fraction of sp³-hybridized carbons (Fsp3) is 0.357. The topological polar surface area (TPSA) is 125 Å². The van der Waals surface area contributed by atoms with Crippen LogP contribution in [0.15, 0.2) is 32.3 Å². The molecule has 1 fully saturated rings. The summed E-state index contributed by atoms with van der Waals surface area (Å²) in [6.45, 7) is 1.52. The van der Waals surface area contributed by atoms with E-state index >= 15 is 0 Å². The van der Waals surface area contributed by atoms with Crippen molar-refractivity contribution in [3.8, 4) is 0 Å². The number of benzene rings is 1. The molecule has 3 rings (SSSR count). The smallest absolute Gasteiger partial charge is 0.202 e. The highest BCUT2D eigenvalue weighted by atomic mass is 79.9. The molecule has 0 amide bonds. The molecular weight excluding hydrogens is 429 g/mol. The van der Waals surface area contributed by atoms with E-state index in [0.29, 0.717) is 18.1 Å². The van der Waals surface area contributed by atoms with Crippen molar-refractivity contribution in [2.45, 2.75) is 18.9 Å². The van der Waals surface area contributed by atoms with Gasteiger partial charge in [-0.3, -0.25) is 15.8 Å². The largest absolute Gasteiger partial charge is 0.364 e. The number of aliphatic imine (C=N–C) groups is 1. The van der Waals surface area contributed by atoms with E-state index in [4.69, 9.17) is 9.77 Å². The van der Waals surface area contributed by atoms with Gasteiger partial charge in [-0.2, -0.15) is 0 Å². The summed E-state index contributed by atoms with van der Waals surface area (Å²) in [5.41, 5.74) is 2.59. The first-order valence-corrected chi connectivity index (χ1v) is 9.39. The van der Waals surface area contributed by atoms with Gasteiger partial charge >= 0.3 is 0 Å². The molecule has 9 nitrogen and oxygen atoms in total. The van der Waals surface area contributed by atoms with Crippen molar-refractivity contribution in [3.63, 3.8) is 0 Å². The van der Waals surface area contributed by atoms with E-state index in [9.17, 15) is 9.60 Å². The third kappa shape index (κ3) is 4.32. The highest BCUT2D eigenvalue weighted by molar-refractivity contribution is 9.10. The van der Waals surface area contributed by atoms with Crippen LogP contribution in [0, 0.1) is 5.82 Å². The standard InChI is InChI=1S/C14H17BrFN7O2S/c15-10-6-8(3-4-11(10)16)19-14(20-24)12-13(22-25-21-12)18-7-9-2-1-5-23(9)26-17/h3-4,6,9,24H,1-2,5,7,17H2,(H,18,22)(H,19,20). The summed E-state index contributed by atoms with van der Waals surface area (Å²) in [5.74, 6) is -0.0594. The van der Waals surface area contributed by atoms with E-state index in [1.165, 1.54) is 30.3 Å². The Morgan fingerprint density at radius 3 is 3.12 bits per heavy atom. The molecule has 2 heterocycles. The first-order valence-electron chi connectivity index (χ1n) is 7.76. The van der Waals surface area contributed by atoms with Crippen LogP contribution in [0.25, 0.3) is 0 Å². The van der Waals surface area contributed by atoms with Gasteiger partial charge in [0.25, 0.3) is 0 Å². The number of anilines is 1. The average Bonchev–Trinajstić information content (AvgIpc) is 3.29. The van der Waals surface area contributed by atoms with Crippen molar-refractivity contribution in [1.82, 2.24) is 20.1 Å². The molecular formula is C14H17BrFN7O2S. The third-order valence-corrected chi connectivity index (χ3v) is 5.29. The molecule has 140 valence electrons. The lowest BCUT2D eigenvalue weighted by Gasteiger charge is -2.20. The van der Waals surface area contributed by atoms with Gasteiger partial charge in [0.05, 0.1) is 10.2 Å². The average molecular weight is 446 g/mol. The predicted molar refractivity (Wildman–Crippen MR) is 99.5 cm³/mol. The predicted octanol–water partition coefficient (Wildman–Crippen LogP) is 2.43. The minimum Gasteiger partial charge on any atom is -0.364 e. The van der Waals surface area contributed by atoms with Gasteiger partial charge in [0, 0.05) is 31.3 Å². The van der Waals surface area contributed by atoms with Crippen LogP contribution in [-0.2, 0) is 0 Å². The van der Waals surface area contributed by atoms with Gasteiger partial charge in [-0.1, -0.05) is 0 Å². The van der Waals surface area contributed by atoms with Crippen molar-refractivity contribution >= 4 is 45.4 Å². The lowest BCUT2D eigenvalue weighted by atomic mass is 10.2. The summed E-state index contributed by atoms with van der Waals surface area (Å²) >= 11 is 4.31. The fourth-order valence-electron chi connectivity index (χ4n) is 2.64. The maximum Gasteiger partial charge on any atom is 0.202 e. The summed E-state index contributed by atoms with van der Waals surface area (Å²) in [7, 11) is 0. The van der Waals surface area contributed by atoms with Gasteiger partial charge < -0.3 is 5.32 Å². The zero-order valence-electron chi connectivity index (χ0n) is 13.5. The van der Waals surface area contributed by atoms with Crippen LogP contribution >= 0.6 is 28.1 Å².